The number of nitriles is 1. The van der Waals surface area contributed by atoms with Crippen LogP contribution < -0.4 is 20.1 Å². The van der Waals surface area contributed by atoms with Crippen LogP contribution in [0.2, 0.25) is 0 Å². The SMILES string of the molecule is CCCCN1C(=O)[C@]2(C=C3c4cc(OC)c(OC)cc4CCN3C(N)=C2C#N)c2ccccc21. The van der Waals surface area contributed by atoms with E-state index in [-0.39, 0.29) is 11.5 Å². The summed E-state index contributed by atoms with van der Waals surface area (Å²) in [4.78, 5) is 17.9. The molecule has 34 heavy (non-hydrogen) atoms. The third-order valence-corrected chi connectivity index (χ3v) is 7.12. The Labute approximate surface area is 199 Å². The van der Waals surface area contributed by atoms with Crippen molar-refractivity contribution in [3.05, 3.63) is 70.6 Å². The van der Waals surface area contributed by atoms with E-state index in [9.17, 15) is 10.1 Å². The van der Waals surface area contributed by atoms with Crippen LogP contribution in [0.3, 0.4) is 0 Å². The van der Waals surface area contributed by atoms with Gasteiger partial charge in [-0.05, 0) is 42.7 Å². The van der Waals surface area contributed by atoms with E-state index >= 15 is 0 Å². The summed E-state index contributed by atoms with van der Waals surface area (Å²) < 4.78 is 11.1. The highest BCUT2D eigenvalue weighted by Gasteiger charge is 2.56. The maximum atomic E-state index is 14.1. The lowest BCUT2D eigenvalue weighted by molar-refractivity contribution is -0.120. The molecule has 0 saturated heterocycles. The highest BCUT2D eigenvalue weighted by molar-refractivity contribution is 6.14. The lowest BCUT2D eigenvalue weighted by Crippen LogP contribution is -2.47. The quantitative estimate of drug-likeness (QED) is 0.738. The summed E-state index contributed by atoms with van der Waals surface area (Å²) in [7, 11) is 3.22. The Morgan fingerprint density at radius 2 is 1.91 bits per heavy atom. The second-order valence-corrected chi connectivity index (χ2v) is 8.80. The zero-order valence-corrected chi connectivity index (χ0v) is 19.7. The van der Waals surface area contributed by atoms with Gasteiger partial charge in [0.2, 0.25) is 5.91 Å². The van der Waals surface area contributed by atoms with Gasteiger partial charge in [-0.15, -0.1) is 0 Å². The van der Waals surface area contributed by atoms with Gasteiger partial charge in [0.05, 0.1) is 19.8 Å². The molecule has 0 aromatic heterocycles. The molecule has 0 fully saturated rings. The number of rotatable bonds is 5. The van der Waals surface area contributed by atoms with E-state index in [1.165, 1.54) is 0 Å². The number of benzene rings is 2. The van der Waals surface area contributed by atoms with Crippen molar-refractivity contribution in [3.63, 3.8) is 0 Å². The van der Waals surface area contributed by atoms with Gasteiger partial charge in [0, 0.05) is 35.6 Å². The third kappa shape index (κ3) is 2.84. The lowest BCUT2D eigenvalue weighted by atomic mass is 9.71. The Morgan fingerprint density at radius 3 is 2.62 bits per heavy atom. The first kappa shape index (κ1) is 21.9. The van der Waals surface area contributed by atoms with E-state index < -0.39 is 5.41 Å². The Balaban J connectivity index is 1.77. The fourth-order valence-electron chi connectivity index (χ4n) is 5.43. The smallest absolute Gasteiger partial charge is 0.247 e. The molecule has 7 heteroatoms. The Morgan fingerprint density at radius 1 is 1.18 bits per heavy atom. The number of carbonyl (C=O) groups excluding carboxylic acids is 1. The van der Waals surface area contributed by atoms with Crippen molar-refractivity contribution in [1.82, 2.24) is 4.90 Å². The van der Waals surface area contributed by atoms with Crippen molar-refractivity contribution >= 4 is 17.3 Å². The van der Waals surface area contributed by atoms with Gasteiger partial charge in [0.15, 0.2) is 11.5 Å². The molecule has 2 aromatic carbocycles. The fraction of sp³-hybridized carbons (Fsp3) is 0.333. The molecule has 3 aliphatic rings. The van der Waals surface area contributed by atoms with Crippen LogP contribution in [0.1, 0.15) is 36.5 Å². The molecule has 174 valence electrons. The molecule has 0 radical (unpaired) electrons. The van der Waals surface area contributed by atoms with E-state index in [0.717, 1.165) is 47.3 Å². The maximum absolute atomic E-state index is 14.1. The second kappa shape index (κ2) is 8.14. The number of amides is 1. The molecule has 3 heterocycles. The molecule has 0 unspecified atom stereocenters. The summed E-state index contributed by atoms with van der Waals surface area (Å²) in [6.07, 6.45) is 4.51. The zero-order valence-electron chi connectivity index (χ0n) is 19.7. The maximum Gasteiger partial charge on any atom is 0.247 e. The Hall–Kier alpha value is -3.92. The van der Waals surface area contributed by atoms with Gasteiger partial charge >= 0.3 is 0 Å². The average Bonchev–Trinajstić information content (AvgIpc) is 3.09. The summed E-state index contributed by atoms with van der Waals surface area (Å²) >= 11 is 0. The third-order valence-electron chi connectivity index (χ3n) is 7.12. The second-order valence-electron chi connectivity index (χ2n) is 8.80. The van der Waals surface area contributed by atoms with Crippen molar-refractivity contribution in [2.75, 3.05) is 32.2 Å². The molecule has 0 aliphatic carbocycles. The number of anilines is 1. The standard InChI is InChI=1S/C27H28N4O3/c1-4-5-11-31-21-9-7-6-8-19(21)27(26(31)32)15-22-18-14-24(34-3)23(33-2)13-17(18)10-12-30(22)25(29)20(27)16-28/h6-9,13-15H,4-5,10-12,29H2,1-3H3/t27-/m1/s1. The van der Waals surface area contributed by atoms with Gasteiger partial charge in [-0.3, -0.25) is 4.79 Å². The molecule has 1 amide bonds. The van der Waals surface area contributed by atoms with Crippen LogP contribution in [-0.4, -0.2) is 38.1 Å². The minimum Gasteiger partial charge on any atom is -0.493 e. The molecule has 2 aromatic rings. The summed E-state index contributed by atoms with van der Waals surface area (Å²) in [5.74, 6) is 1.48. The molecule has 1 spiro atoms. The molecule has 3 aliphatic heterocycles. The first-order valence-corrected chi connectivity index (χ1v) is 11.6. The predicted molar refractivity (Wildman–Crippen MR) is 130 cm³/mol. The first-order valence-electron chi connectivity index (χ1n) is 11.6. The molecule has 5 rings (SSSR count). The van der Waals surface area contributed by atoms with Crippen molar-refractivity contribution in [3.8, 4) is 17.6 Å². The van der Waals surface area contributed by atoms with Crippen LogP contribution in [0.4, 0.5) is 5.69 Å². The van der Waals surface area contributed by atoms with Gasteiger partial charge in [-0.25, -0.2) is 0 Å². The lowest BCUT2D eigenvalue weighted by Gasteiger charge is -2.41. The average molecular weight is 457 g/mol. The molecule has 0 bridgehead atoms. The van der Waals surface area contributed by atoms with Crippen molar-refractivity contribution in [2.24, 2.45) is 5.73 Å². The number of unbranched alkanes of at least 4 members (excludes halogenated alkanes) is 1. The van der Waals surface area contributed by atoms with Gasteiger partial charge < -0.3 is 25.0 Å². The van der Waals surface area contributed by atoms with Gasteiger partial charge in [0.25, 0.3) is 0 Å². The molecule has 0 saturated carbocycles. The van der Waals surface area contributed by atoms with Crippen LogP contribution in [0.5, 0.6) is 11.5 Å². The summed E-state index contributed by atoms with van der Waals surface area (Å²) in [6.45, 7) is 3.31. The number of methoxy groups -OCH3 is 2. The largest absolute Gasteiger partial charge is 0.493 e. The molecular formula is C27H28N4O3. The van der Waals surface area contributed by atoms with Crippen LogP contribution >= 0.6 is 0 Å². The first-order chi connectivity index (χ1) is 16.5. The number of hydrogen-bond acceptors (Lipinski definition) is 6. The molecule has 7 nitrogen and oxygen atoms in total. The van der Waals surface area contributed by atoms with Crippen LogP contribution in [0.25, 0.3) is 5.70 Å². The Bertz CT molecular complexity index is 1290. The van der Waals surface area contributed by atoms with Crippen molar-refractivity contribution in [1.29, 1.82) is 5.26 Å². The fourth-order valence-corrected chi connectivity index (χ4v) is 5.43. The van der Waals surface area contributed by atoms with Crippen molar-refractivity contribution < 1.29 is 14.3 Å². The number of fused-ring (bicyclic) bond motifs is 5. The minimum absolute atomic E-state index is 0.124. The molecule has 2 N–H and O–H groups in total. The van der Waals surface area contributed by atoms with Gasteiger partial charge in [0.1, 0.15) is 17.3 Å². The normalized spacial score (nSPS) is 20.5. The number of hydrogen-bond donors (Lipinski definition) is 1. The topological polar surface area (TPSA) is 91.8 Å². The van der Waals surface area contributed by atoms with E-state index in [1.807, 2.05) is 52.3 Å². The van der Waals surface area contributed by atoms with Gasteiger partial charge in [-0.1, -0.05) is 31.5 Å². The number of nitrogens with zero attached hydrogens (tertiary/aromatic N) is 3. The Kier molecular flexibility index (Phi) is 5.24. The highest BCUT2D eigenvalue weighted by Crippen LogP contribution is 2.53. The number of carbonyl (C=O) groups is 1. The van der Waals surface area contributed by atoms with E-state index in [1.54, 1.807) is 14.2 Å². The monoisotopic (exact) mass is 456 g/mol. The van der Waals surface area contributed by atoms with E-state index in [4.69, 9.17) is 15.2 Å². The van der Waals surface area contributed by atoms with Crippen LogP contribution in [-0.2, 0) is 16.6 Å². The number of ether oxygens (including phenoxy) is 2. The predicted octanol–water partition coefficient (Wildman–Crippen LogP) is 3.69. The van der Waals surface area contributed by atoms with Gasteiger partial charge in [-0.2, -0.15) is 5.26 Å². The zero-order chi connectivity index (χ0) is 24.0. The highest BCUT2D eigenvalue weighted by atomic mass is 16.5. The number of nitrogens with two attached hydrogens (primary N) is 1. The van der Waals surface area contributed by atoms with Crippen LogP contribution in [0, 0.1) is 11.3 Å². The number of para-hydroxylation sites is 1. The van der Waals surface area contributed by atoms with E-state index in [2.05, 4.69) is 13.0 Å². The minimum atomic E-state index is -1.25. The van der Waals surface area contributed by atoms with Crippen molar-refractivity contribution in [2.45, 2.75) is 31.6 Å². The molecule has 1 atom stereocenters. The summed E-state index contributed by atoms with van der Waals surface area (Å²) in [6, 6.07) is 14.0. The summed E-state index contributed by atoms with van der Waals surface area (Å²) in [5.41, 5.74) is 10.2. The van der Waals surface area contributed by atoms with Crippen LogP contribution in [0.15, 0.2) is 53.9 Å². The van der Waals surface area contributed by atoms with E-state index in [0.29, 0.717) is 30.4 Å². The summed E-state index contributed by atoms with van der Waals surface area (Å²) in [5, 5.41) is 10.3. The molecular weight excluding hydrogens is 428 g/mol.